The Morgan fingerprint density at radius 1 is 1.24 bits per heavy atom. The van der Waals surface area contributed by atoms with Crippen molar-refractivity contribution in [3.63, 3.8) is 0 Å². The van der Waals surface area contributed by atoms with Gasteiger partial charge in [0.1, 0.15) is 0 Å². The summed E-state index contributed by atoms with van der Waals surface area (Å²) in [5.41, 5.74) is 7.98. The number of halogens is 1. The van der Waals surface area contributed by atoms with E-state index in [1.807, 2.05) is 23.1 Å². The predicted molar refractivity (Wildman–Crippen MR) is 72.2 cm³/mol. The molecule has 2 aromatic rings. The van der Waals surface area contributed by atoms with Gasteiger partial charge in [-0.25, -0.2) is 0 Å². The van der Waals surface area contributed by atoms with Gasteiger partial charge in [-0.2, -0.15) is 5.10 Å². The van der Waals surface area contributed by atoms with Gasteiger partial charge in [-0.3, -0.25) is 4.68 Å². The molecule has 2 rings (SSSR count). The first kappa shape index (κ1) is 13.7. The standard InChI is InChI=1S/C13H17N3.ClH/c1-11(7-12-5-3-2-4-6-12)16-10-13(8-14)9-15-16;/h2-6,9-11H,7-8,14H2,1H3;1H. The van der Waals surface area contributed by atoms with Gasteiger partial charge in [0.25, 0.3) is 0 Å². The average Bonchev–Trinajstić information content (AvgIpc) is 2.79. The third-order valence-electron chi connectivity index (χ3n) is 2.72. The van der Waals surface area contributed by atoms with Crippen LogP contribution in [0.4, 0.5) is 0 Å². The third kappa shape index (κ3) is 3.58. The number of rotatable bonds is 4. The summed E-state index contributed by atoms with van der Waals surface area (Å²) in [5, 5.41) is 4.32. The number of hydrogen-bond acceptors (Lipinski definition) is 2. The first-order valence-corrected chi connectivity index (χ1v) is 5.56. The molecule has 0 aliphatic carbocycles. The molecule has 1 aromatic carbocycles. The van der Waals surface area contributed by atoms with Gasteiger partial charge in [-0.05, 0) is 18.9 Å². The fourth-order valence-electron chi connectivity index (χ4n) is 1.77. The molecule has 92 valence electrons. The number of aromatic nitrogens is 2. The Morgan fingerprint density at radius 3 is 2.53 bits per heavy atom. The molecule has 0 radical (unpaired) electrons. The van der Waals surface area contributed by atoms with Crippen LogP contribution in [-0.2, 0) is 13.0 Å². The summed E-state index contributed by atoms with van der Waals surface area (Å²) in [5.74, 6) is 0. The molecule has 1 aromatic heterocycles. The number of nitrogens with two attached hydrogens (primary N) is 1. The van der Waals surface area contributed by atoms with E-state index in [0.29, 0.717) is 12.6 Å². The second-order valence-electron chi connectivity index (χ2n) is 4.07. The zero-order valence-electron chi connectivity index (χ0n) is 9.91. The lowest BCUT2D eigenvalue weighted by atomic mass is 10.1. The van der Waals surface area contributed by atoms with Gasteiger partial charge in [0.15, 0.2) is 0 Å². The molecule has 0 aliphatic heterocycles. The lowest BCUT2D eigenvalue weighted by Gasteiger charge is -2.11. The summed E-state index contributed by atoms with van der Waals surface area (Å²) >= 11 is 0. The van der Waals surface area contributed by atoms with Crippen molar-refractivity contribution >= 4 is 12.4 Å². The first-order chi connectivity index (χ1) is 7.79. The molecular weight excluding hydrogens is 234 g/mol. The predicted octanol–water partition coefficient (Wildman–Crippen LogP) is 2.57. The average molecular weight is 252 g/mol. The largest absolute Gasteiger partial charge is 0.326 e. The molecule has 0 fully saturated rings. The van der Waals surface area contributed by atoms with E-state index in [1.165, 1.54) is 5.56 Å². The van der Waals surface area contributed by atoms with Crippen molar-refractivity contribution in [3.05, 3.63) is 53.9 Å². The van der Waals surface area contributed by atoms with Crippen molar-refractivity contribution in [2.75, 3.05) is 0 Å². The van der Waals surface area contributed by atoms with Gasteiger partial charge >= 0.3 is 0 Å². The normalized spacial score (nSPS) is 11.9. The van der Waals surface area contributed by atoms with Crippen LogP contribution in [0.5, 0.6) is 0 Å². The number of nitrogens with zero attached hydrogens (tertiary/aromatic N) is 2. The van der Waals surface area contributed by atoms with Crippen LogP contribution in [0.15, 0.2) is 42.7 Å². The Balaban J connectivity index is 0.00000144. The quantitative estimate of drug-likeness (QED) is 0.908. The van der Waals surface area contributed by atoms with Crippen molar-refractivity contribution in [1.29, 1.82) is 0 Å². The molecule has 4 heteroatoms. The Hall–Kier alpha value is -1.32. The van der Waals surface area contributed by atoms with Gasteiger partial charge in [-0.1, -0.05) is 30.3 Å². The topological polar surface area (TPSA) is 43.8 Å². The van der Waals surface area contributed by atoms with Crippen LogP contribution < -0.4 is 5.73 Å². The van der Waals surface area contributed by atoms with Gasteiger partial charge in [0.05, 0.1) is 12.2 Å². The number of benzene rings is 1. The maximum absolute atomic E-state index is 5.56. The minimum absolute atomic E-state index is 0. The van der Waals surface area contributed by atoms with Crippen molar-refractivity contribution in [1.82, 2.24) is 9.78 Å². The van der Waals surface area contributed by atoms with Crippen LogP contribution in [0.25, 0.3) is 0 Å². The third-order valence-corrected chi connectivity index (χ3v) is 2.72. The zero-order valence-corrected chi connectivity index (χ0v) is 10.7. The van der Waals surface area contributed by atoms with E-state index in [0.717, 1.165) is 12.0 Å². The van der Waals surface area contributed by atoms with Crippen molar-refractivity contribution in [2.45, 2.75) is 25.9 Å². The van der Waals surface area contributed by atoms with Crippen molar-refractivity contribution in [3.8, 4) is 0 Å². The van der Waals surface area contributed by atoms with E-state index in [1.54, 1.807) is 0 Å². The maximum Gasteiger partial charge on any atom is 0.0534 e. The van der Waals surface area contributed by atoms with Gasteiger partial charge < -0.3 is 5.73 Å². The highest BCUT2D eigenvalue weighted by molar-refractivity contribution is 5.85. The van der Waals surface area contributed by atoms with Gasteiger partial charge in [0.2, 0.25) is 0 Å². The molecule has 17 heavy (non-hydrogen) atoms. The summed E-state index contributed by atoms with van der Waals surface area (Å²) in [6.07, 6.45) is 4.85. The highest BCUT2D eigenvalue weighted by Crippen LogP contribution is 2.13. The second-order valence-corrected chi connectivity index (χ2v) is 4.07. The summed E-state index contributed by atoms with van der Waals surface area (Å²) < 4.78 is 1.98. The van der Waals surface area contributed by atoms with E-state index in [2.05, 4.69) is 36.3 Å². The SMILES string of the molecule is CC(Cc1ccccc1)n1cc(CN)cn1.Cl. The molecule has 0 aliphatic rings. The minimum atomic E-state index is 0. The molecule has 0 saturated heterocycles. The maximum atomic E-state index is 5.56. The molecule has 0 amide bonds. The molecule has 1 unspecified atom stereocenters. The Kier molecular flexibility index (Phi) is 5.19. The Labute approximate surface area is 108 Å². The lowest BCUT2D eigenvalue weighted by Crippen LogP contribution is -2.08. The van der Waals surface area contributed by atoms with Gasteiger partial charge in [-0.15, -0.1) is 12.4 Å². The smallest absolute Gasteiger partial charge is 0.0534 e. The van der Waals surface area contributed by atoms with Crippen LogP contribution in [0.3, 0.4) is 0 Å². The molecule has 0 bridgehead atoms. The van der Waals surface area contributed by atoms with E-state index < -0.39 is 0 Å². The molecule has 2 N–H and O–H groups in total. The lowest BCUT2D eigenvalue weighted by molar-refractivity contribution is 0.488. The first-order valence-electron chi connectivity index (χ1n) is 5.56. The van der Waals surface area contributed by atoms with Crippen LogP contribution >= 0.6 is 12.4 Å². The van der Waals surface area contributed by atoms with Gasteiger partial charge in [0, 0.05) is 18.3 Å². The summed E-state index contributed by atoms with van der Waals surface area (Å²) in [7, 11) is 0. The van der Waals surface area contributed by atoms with Crippen LogP contribution in [-0.4, -0.2) is 9.78 Å². The second kappa shape index (κ2) is 6.42. The highest BCUT2D eigenvalue weighted by Gasteiger charge is 2.06. The molecule has 1 atom stereocenters. The fraction of sp³-hybridized carbons (Fsp3) is 0.308. The highest BCUT2D eigenvalue weighted by atomic mass is 35.5. The van der Waals surface area contributed by atoms with Crippen molar-refractivity contribution in [2.24, 2.45) is 5.73 Å². The van der Waals surface area contributed by atoms with E-state index in [4.69, 9.17) is 5.73 Å². The Bertz CT molecular complexity index is 439. The van der Waals surface area contributed by atoms with E-state index in [-0.39, 0.29) is 12.4 Å². The van der Waals surface area contributed by atoms with Crippen LogP contribution in [0.1, 0.15) is 24.1 Å². The Morgan fingerprint density at radius 2 is 1.94 bits per heavy atom. The summed E-state index contributed by atoms with van der Waals surface area (Å²) in [4.78, 5) is 0. The molecule has 3 nitrogen and oxygen atoms in total. The summed E-state index contributed by atoms with van der Waals surface area (Å²) in [6.45, 7) is 2.72. The molecule has 0 spiro atoms. The van der Waals surface area contributed by atoms with E-state index >= 15 is 0 Å². The van der Waals surface area contributed by atoms with E-state index in [9.17, 15) is 0 Å². The number of hydrogen-bond donors (Lipinski definition) is 1. The molecular formula is C13H18ClN3. The minimum Gasteiger partial charge on any atom is -0.326 e. The molecule has 0 saturated carbocycles. The summed E-state index contributed by atoms with van der Waals surface area (Å²) in [6, 6.07) is 10.8. The fourth-order valence-corrected chi connectivity index (χ4v) is 1.77. The zero-order chi connectivity index (χ0) is 11.4. The monoisotopic (exact) mass is 251 g/mol. The molecule has 1 heterocycles. The van der Waals surface area contributed by atoms with Crippen LogP contribution in [0, 0.1) is 0 Å². The van der Waals surface area contributed by atoms with Crippen LogP contribution in [0.2, 0.25) is 0 Å². The van der Waals surface area contributed by atoms with Crippen molar-refractivity contribution < 1.29 is 0 Å².